The minimum Gasteiger partial charge on any atom is -1.00 e. The molecule has 0 amide bonds. The molecule has 0 aromatic heterocycles. The first-order valence-electron chi connectivity index (χ1n) is 8.75. The average molecular weight is 427 g/mol. The van der Waals surface area contributed by atoms with Crippen molar-refractivity contribution in [3.05, 3.63) is 39.2 Å². The number of allylic oxidation sites excluding steroid dienone is 8. The fraction of sp³-hybridized carbons (Fsp3) is 0.556. The third-order valence-electron chi connectivity index (χ3n) is 6.44. The van der Waals surface area contributed by atoms with Crippen LogP contribution in [0.5, 0.6) is 0 Å². The standard InChI is InChI=1S/2C8H13Si.C2H7Si.Zr.2H/c2*1-5-4-6(2)8(9)7(5)3;1-3-2;;;/h2*5H,1-3,9H3;3H,1-2H3;;;/q;;;;2*-1. The maximum Gasteiger partial charge on any atom is -1.00 e. The van der Waals surface area contributed by atoms with Gasteiger partial charge in [-0.25, -0.2) is 0 Å². The Labute approximate surface area is 155 Å². The summed E-state index contributed by atoms with van der Waals surface area (Å²) in [7, 11) is 2.47. The summed E-state index contributed by atoms with van der Waals surface area (Å²) in [4.78, 5) is 0. The van der Waals surface area contributed by atoms with Gasteiger partial charge >= 0.3 is 153 Å². The molecule has 0 saturated heterocycles. The van der Waals surface area contributed by atoms with E-state index in [9.17, 15) is 0 Å². The molecule has 2 rings (SSSR count). The molecule has 0 bridgehead atoms. The second-order valence-corrected chi connectivity index (χ2v) is 28.6. The molecule has 0 N–H and O–H groups in total. The summed E-state index contributed by atoms with van der Waals surface area (Å²) in [5, 5.41) is 3.49. The largest absolute Gasteiger partial charge is 1.00 e. The second-order valence-electron chi connectivity index (χ2n) is 7.71. The zero-order valence-electron chi connectivity index (χ0n) is 18.2. The molecule has 0 fully saturated rings. The quantitative estimate of drug-likeness (QED) is 0.609. The van der Waals surface area contributed by atoms with Gasteiger partial charge in [-0.15, -0.1) is 0 Å². The van der Waals surface area contributed by atoms with E-state index in [0.29, 0.717) is 0 Å². The van der Waals surface area contributed by atoms with Gasteiger partial charge in [0.25, 0.3) is 0 Å². The first kappa shape index (κ1) is 18.8. The smallest absolute Gasteiger partial charge is 1.00 e. The van der Waals surface area contributed by atoms with E-state index in [1.165, 1.54) is 20.5 Å². The molecule has 22 heavy (non-hydrogen) atoms. The number of hydrogen-bond donors (Lipinski definition) is 0. The van der Waals surface area contributed by atoms with E-state index in [1.54, 1.807) is 32.7 Å². The van der Waals surface area contributed by atoms with Crippen LogP contribution in [0, 0.1) is 11.8 Å². The Hall–Kier alpha value is 0.494. The molecule has 0 radical (unpaired) electrons. The fourth-order valence-electron chi connectivity index (χ4n) is 4.37. The van der Waals surface area contributed by atoms with Crippen LogP contribution in [0.3, 0.4) is 0 Å². The van der Waals surface area contributed by atoms with Crippen LogP contribution in [-0.4, -0.2) is 26.4 Å². The molecule has 125 valence electrons. The summed E-state index contributed by atoms with van der Waals surface area (Å²) >= 11 is -1.65. The van der Waals surface area contributed by atoms with Crippen LogP contribution in [0.15, 0.2) is 39.2 Å². The van der Waals surface area contributed by atoms with Gasteiger partial charge in [-0.05, 0) is 0 Å². The molecule has 0 saturated carbocycles. The van der Waals surface area contributed by atoms with Crippen LogP contribution in [0.1, 0.15) is 44.4 Å². The molecule has 0 spiro atoms. The third kappa shape index (κ3) is 2.83. The van der Waals surface area contributed by atoms with E-state index in [2.05, 4.69) is 54.6 Å². The zero-order chi connectivity index (χ0) is 16.9. The van der Waals surface area contributed by atoms with Crippen molar-refractivity contribution in [2.45, 2.75) is 54.6 Å². The molecule has 0 heterocycles. The molecule has 2 unspecified atom stereocenters. The molecule has 4 heteroatoms. The van der Waals surface area contributed by atoms with E-state index in [4.69, 9.17) is 0 Å². The minimum atomic E-state index is -1.65. The molecule has 0 aromatic rings. The third-order valence-corrected chi connectivity index (χ3v) is 29.7. The number of hydrogen-bond acceptors (Lipinski definition) is 0. The minimum absolute atomic E-state index is 0. The average Bonchev–Trinajstić information content (AvgIpc) is 2.76. The van der Waals surface area contributed by atoms with Crippen molar-refractivity contribution in [1.82, 2.24) is 0 Å². The van der Waals surface area contributed by atoms with Crippen molar-refractivity contribution in [1.29, 1.82) is 0 Å². The summed E-state index contributed by atoms with van der Waals surface area (Å²) in [6.07, 6.45) is 0. The van der Waals surface area contributed by atoms with Crippen LogP contribution in [0.2, 0.25) is 13.1 Å². The van der Waals surface area contributed by atoms with Gasteiger partial charge in [0, 0.05) is 0 Å². The maximum atomic E-state index is 2.65. The van der Waals surface area contributed by atoms with Gasteiger partial charge in [-0.3, -0.25) is 0 Å². The first-order chi connectivity index (χ1) is 10.1. The molecule has 0 nitrogen and oxygen atoms in total. The summed E-state index contributed by atoms with van der Waals surface area (Å²) in [5.74, 6) is 0.937. The van der Waals surface area contributed by atoms with Crippen molar-refractivity contribution >= 4 is 26.4 Å². The topological polar surface area (TPSA) is 0 Å². The Morgan fingerprint density at radius 1 is 0.818 bits per heavy atom. The van der Waals surface area contributed by atoms with Crippen molar-refractivity contribution in [3.8, 4) is 0 Å². The number of rotatable bonds is 3. The van der Waals surface area contributed by atoms with Gasteiger partial charge in [0.05, 0.1) is 0 Å². The fourth-order valence-corrected chi connectivity index (χ4v) is 29.9. The normalized spacial score (nSPS) is 26.6. The van der Waals surface area contributed by atoms with Crippen molar-refractivity contribution in [2.75, 3.05) is 0 Å². The van der Waals surface area contributed by atoms with Crippen LogP contribution >= 0.6 is 0 Å². The molecule has 0 aromatic carbocycles. The Balaban J connectivity index is 0.00000264. The van der Waals surface area contributed by atoms with E-state index >= 15 is 0 Å². The zero-order valence-corrected chi connectivity index (χ0v) is 23.8. The van der Waals surface area contributed by atoms with E-state index in [1.807, 2.05) is 6.56 Å². The van der Waals surface area contributed by atoms with Gasteiger partial charge in [0.15, 0.2) is 0 Å². The van der Waals surface area contributed by atoms with Crippen LogP contribution in [0.4, 0.5) is 0 Å². The predicted octanol–water partition coefficient (Wildman–Crippen LogP) is 2.94. The molecule has 2 atom stereocenters. The van der Waals surface area contributed by atoms with Gasteiger partial charge in [0.2, 0.25) is 0 Å². The predicted molar refractivity (Wildman–Crippen MR) is 110 cm³/mol. The summed E-state index contributed by atoms with van der Waals surface area (Å²) < 4.78 is 3.99. The van der Waals surface area contributed by atoms with E-state index < -0.39 is 26.8 Å². The van der Waals surface area contributed by atoms with Crippen LogP contribution in [-0.2, 0) is 20.9 Å². The molecule has 0 aliphatic heterocycles. The Kier molecular flexibility index (Phi) is 5.80. The second kappa shape index (κ2) is 6.78. The van der Waals surface area contributed by atoms with Crippen molar-refractivity contribution in [2.24, 2.45) is 11.8 Å². The Morgan fingerprint density at radius 3 is 1.32 bits per heavy atom. The van der Waals surface area contributed by atoms with Gasteiger partial charge < -0.3 is 2.85 Å². The summed E-state index contributed by atoms with van der Waals surface area (Å²) in [5.41, 5.74) is 6.93. The van der Waals surface area contributed by atoms with Gasteiger partial charge in [-0.2, -0.15) is 0 Å². The van der Waals surface area contributed by atoms with Gasteiger partial charge in [0.1, 0.15) is 0 Å². The molecular weight excluding hydrogens is 392 g/mol. The molecule has 2 aliphatic carbocycles. The monoisotopic (exact) mass is 425 g/mol. The Bertz CT molecular complexity index is 593. The Morgan fingerprint density at radius 2 is 1.14 bits per heavy atom. The summed E-state index contributed by atoms with van der Waals surface area (Å²) in [6.45, 7) is 20.0. The van der Waals surface area contributed by atoms with E-state index in [-0.39, 0.29) is 2.85 Å². The van der Waals surface area contributed by atoms with Crippen LogP contribution in [0.25, 0.3) is 0 Å². The first-order valence-corrected chi connectivity index (χ1v) is 20.4. The maximum absolute atomic E-state index is 2.65. The van der Waals surface area contributed by atoms with Crippen molar-refractivity contribution < 1.29 is 23.8 Å². The van der Waals surface area contributed by atoms with Crippen molar-refractivity contribution in [3.63, 3.8) is 0 Å². The molecule has 2 aliphatic rings. The summed E-state index contributed by atoms with van der Waals surface area (Å²) in [6, 6.07) is 0. The van der Waals surface area contributed by atoms with Gasteiger partial charge in [-0.1, -0.05) is 0 Å². The molecular formula is C18H35Si3Zr-2. The van der Waals surface area contributed by atoms with Crippen LogP contribution < -0.4 is 0 Å². The van der Waals surface area contributed by atoms with E-state index in [0.717, 1.165) is 11.8 Å². The SMILES string of the molecule is CC1=[C]([Zr]([C]2=C(C)C([SiH3])=C(C)C2C)[SiH](C)C)C(C)C(C)=C1[SiH3].[H-].[H-].